The SMILES string of the molecule is Oc1ccc(C2Oc3cc(O)c4c(c3C2c2cc(O)cc(O)c2)C2C(c3c5c(cc(O)c3[C@H]2c2ccc(O)cc2)OC(c2ccc(O)cc2)C5c2cc(O)cc(O)c2)[C@@H]4c2ccc(O)cc2)cc1. The first kappa shape index (κ1) is 40.8. The highest BCUT2D eigenvalue weighted by Crippen LogP contribution is 2.74. The fraction of sp³-hybridized carbons (Fsp3) is 0.143. The normalized spacial score (nSPS) is 22.6. The predicted octanol–water partition coefficient (Wildman–Crippen LogP) is 10.4. The zero-order valence-electron chi connectivity index (χ0n) is 35.8. The fourth-order valence-electron chi connectivity index (χ4n) is 12.0. The predicted molar refractivity (Wildman–Crippen MR) is 248 cm³/mol. The van der Waals surface area contributed by atoms with Crippen LogP contribution in [0.25, 0.3) is 0 Å². The molecule has 12 rings (SSSR count). The van der Waals surface area contributed by atoms with Crippen molar-refractivity contribution in [1.82, 2.24) is 0 Å². The smallest absolute Gasteiger partial charge is 0.135 e. The van der Waals surface area contributed by atoms with Gasteiger partial charge in [-0.15, -0.1) is 0 Å². The molecule has 68 heavy (non-hydrogen) atoms. The van der Waals surface area contributed by atoms with E-state index < -0.39 is 47.7 Å². The molecule has 0 saturated carbocycles. The fourth-order valence-corrected chi connectivity index (χ4v) is 12.0. The van der Waals surface area contributed by atoms with Crippen LogP contribution in [0.5, 0.6) is 69.0 Å². The summed E-state index contributed by atoms with van der Waals surface area (Å²) in [7, 11) is 0. The number of aromatic hydroxyl groups is 10. The molecule has 10 N–H and O–H groups in total. The number of phenols is 10. The second-order valence-electron chi connectivity index (χ2n) is 18.2. The molecule has 2 aliphatic carbocycles. The van der Waals surface area contributed by atoms with Crippen LogP contribution in [0.15, 0.2) is 146 Å². The third kappa shape index (κ3) is 6.20. The topological polar surface area (TPSA) is 221 Å². The van der Waals surface area contributed by atoms with Gasteiger partial charge in [0.05, 0.1) is 11.8 Å². The molecule has 12 nitrogen and oxygen atoms in total. The van der Waals surface area contributed by atoms with E-state index in [1.54, 1.807) is 133 Å². The van der Waals surface area contributed by atoms with Crippen LogP contribution < -0.4 is 9.47 Å². The molecule has 8 aromatic rings. The van der Waals surface area contributed by atoms with Gasteiger partial charge >= 0.3 is 0 Å². The van der Waals surface area contributed by atoms with Crippen molar-refractivity contribution in [1.29, 1.82) is 0 Å². The van der Waals surface area contributed by atoms with Crippen molar-refractivity contribution < 1.29 is 60.5 Å². The van der Waals surface area contributed by atoms with Crippen LogP contribution in [0, 0.1) is 0 Å². The van der Waals surface area contributed by atoms with Crippen molar-refractivity contribution in [3.8, 4) is 69.0 Å². The molecule has 0 bridgehead atoms. The second-order valence-corrected chi connectivity index (χ2v) is 18.2. The van der Waals surface area contributed by atoms with Crippen LogP contribution in [0.3, 0.4) is 0 Å². The summed E-state index contributed by atoms with van der Waals surface area (Å²) in [6, 6.07) is 38.6. The molecule has 6 unspecified atom stereocenters. The van der Waals surface area contributed by atoms with Crippen molar-refractivity contribution in [2.24, 2.45) is 0 Å². The molecule has 0 aromatic heterocycles. The second kappa shape index (κ2) is 14.9. The molecular weight excluding hydrogens is 865 g/mol. The first-order valence-electron chi connectivity index (χ1n) is 22.2. The Balaban J connectivity index is 1.19. The van der Waals surface area contributed by atoms with Crippen LogP contribution in [0.4, 0.5) is 0 Å². The Morgan fingerprint density at radius 2 is 0.544 bits per heavy atom. The molecule has 12 heteroatoms. The van der Waals surface area contributed by atoms with E-state index in [-0.39, 0.29) is 57.5 Å². The van der Waals surface area contributed by atoms with Crippen molar-refractivity contribution >= 4 is 0 Å². The number of benzene rings is 8. The molecular formula is C56H42O12. The first-order chi connectivity index (χ1) is 32.8. The molecule has 0 amide bonds. The third-order valence-electron chi connectivity index (χ3n) is 14.4. The summed E-state index contributed by atoms with van der Waals surface area (Å²) in [6.45, 7) is 0. The van der Waals surface area contributed by atoms with Gasteiger partial charge in [-0.2, -0.15) is 0 Å². The van der Waals surface area contributed by atoms with E-state index in [1.807, 2.05) is 0 Å². The minimum Gasteiger partial charge on any atom is -0.508 e. The van der Waals surface area contributed by atoms with Crippen LogP contribution in [-0.4, -0.2) is 51.1 Å². The summed E-state index contributed by atoms with van der Waals surface area (Å²) < 4.78 is 13.8. The number of hydrogen-bond donors (Lipinski definition) is 10. The lowest BCUT2D eigenvalue weighted by atomic mass is 9.74. The number of hydrogen-bond acceptors (Lipinski definition) is 12. The van der Waals surface area contributed by atoms with Gasteiger partial charge in [-0.05, 0) is 117 Å². The van der Waals surface area contributed by atoms with Gasteiger partial charge in [0.25, 0.3) is 0 Å². The van der Waals surface area contributed by atoms with Gasteiger partial charge in [-0.1, -0.05) is 48.5 Å². The molecule has 8 aromatic carbocycles. The van der Waals surface area contributed by atoms with Crippen LogP contribution >= 0.6 is 0 Å². The summed E-state index contributed by atoms with van der Waals surface area (Å²) in [5.74, 6) is -4.13. The number of phenolic OH excluding ortho intramolecular Hbond substituents is 10. The van der Waals surface area contributed by atoms with Crippen LogP contribution in [0.2, 0.25) is 0 Å². The highest BCUT2D eigenvalue weighted by molar-refractivity contribution is 5.75. The van der Waals surface area contributed by atoms with E-state index in [2.05, 4.69) is 0 Å². The van der Waals surface area contributed by atoms with Crippen molar-refractivity contribution in [3.05, 3.63) is 212 Å². The number of fused-ring (bicyclic) bond motifs is 9. The summed E-state index contributed by atoms with van der Waals surface area (Å²) in [5, 5.41) is 111. The van der Waals surface area contributed by atoms with E-state index in [0.29, 0.717) is 67.1 Å². The molecule has 0 spiro atoms. The third-order valence-corrected chi connectivity index (χ3v) is 14.4. The standard InChI is InChI=1S/C56H42O12/c57-31-9-1-25(2-10-31)43-47-39(65)23-41-49(45(29-17-35(61)21-36(62)18-29)55(67-41)27-5-13-33(59)14-6-27)53(47)52-44(26-3-11-32(58)12-4-26)48-40(66)24-42-50(54(48)51(43)52)46(30-19-37(63)22-38(64)20-30)56(68-42)28-7-15-34(60)16-8-28/h1-24,43-46,51-52,55-66H/t43-,44-,45?,46?,51?,52?,55?,56?/m1/s1. The summed E-state index contributed by atoms with van der Waals surface area (Å²) in [4.78, 5) is 0. The Morgan fingerprint density at radius 3 is 0.853 bits per heavy atom. The molecule has 0 radical (unpaired) electrons. The van der Waals surface area contributed by atoms with Crippen molar-refractivity contribution in [2.75, 3.05) is 0 Å². The van der Waals surface area contributed by atoms with E-state index in [1.165, 1.54) is 12.1 Å². The molecule has 4 aliphatic rings. The summed E-state index contributed by atoms with van der Waals surface area (Å²) >= 11 is 0. The maximum atomic E-state index is 12.6. The largest absolute Gasteiger partial charge is 0.508 e. The highest BCUT2D eigenvalue weighted by Gasteiger charge is 2.59. The van der Waals surface area contributed by atoms with E-state index in [9.17, 15) is 51.1 Å². The summed E-state index contributed by atoms with van der Waals surface area (Å²) in [5.41, 5.74) is 7.62. The van der Waals surface area contributed by atoms with Crippen LogP contribution in [0.1, 0.15) is 114 Å². The van der Waals surface area contributed by atoms with Crippen molar-refractivity contribution in [3.63, 3.8) is 0 Å². The maximum absolute atomic E-state index is 12.6. The van der Waals surface area contributed by atoms with E-state index >= 15 is 0 Å². The molecule has 0 saturated heterocycles. The van der Waals surface area contributed by atoms with Gasteiger partial charge in [-0.25, -0.2) is 0 Å². The quantitative estimate of drug-likeness (QED) is 0.0753. The molecule has 0 fully saturated rings. The molecule has 8 atom stereocenters. The molecule has 338 valence electrons. The Labute approximate surface area is 388 Å². The average Bonchev–Trinajstić information content (AvgIpc) is 4.05. The molecule has 2 aliphatic heterocycles. The van der Waals surface area contributed by atoms with E-state index in [0.717, 1.165) is 11.1 Å². The van der Waals surface area contributed by atoms with Gasteiger partial charge in [0, 0.05) is 70.2 Å². The van der Waals surface area contributed by atoms with Gasteiger partial charge < -0.3 is 60.5 Å². The Morgan fingerprint density at radius 1 is 0.250 bits per heavy atom. The molecule has 2 heterocycles. The lowest BCUT2D eigenvalue weighted by Gasteiger charge is -2.27. The van der Waals surface area contributed by atoms with E-state index in [4.69, 9.17) is 9.47 Å². The average molecular weight is 907 g/mol. The van der Waals surface area contributed by atoms with Gasteiger partial charge in [-0.3, -0.25) is 0 Å². The van der Waals surface area contributed by atoms with Crippen molar-refractivity contribution in [2.45, 2.75) is 47.7 Å². The zero-order chi connectivity index (χ0) is 46.9. The Kier molecular flexibility index (Phi) is 8.97. The zero-order valence-corrected chi connectivity index (χ0v) is 35.8. The van der Waals surface area contributed by atoms with Crippen LogP contribution in [-0.2, 0) is 0 Å². The monoisotopic (exact) mass is 906 g/mol. The van der Waals surface area contributed by atoms with Gasteiger partial charge in [0.1, 0.15) is 81.2 Å². The van der Waals surface area contributed by atoms with Gasteiger partial charge in [0.15, 0.2) is 0 Å². The Bertz CT molecular complexity index is 3070. The Hall–Kier alpha value is -8.64. The lowest BCUT2D eigenvalue weighted by molar-refractivity contribution is 0.221. The maximum Gasteiger partial charge on any atom is 0.135 e. The number of rotatable bonds is 6. The minimum absolute atomic E-state index is 0.0248. The lowest BCUT2D eigenvalue weighted by Crippen LogP contribution is -2.15. The minimum atomic E-state index is -0.792. The van der Waals surface area contributed by atoms with Gasteiger partial charge in [0.2, 0.25) is 0 Å². The number of ether oxygens (including phenoxy) is 2. The first-order valence-corrected chi connectivity index (χ1v) is 22.2. The summed E-state index contributed by atoms with van der Waals surface area (Å²) in [6.07, 6.45) is -1.58. The highest BCUT2D eigenvalue weighted by atomic mass is 16.5.